The molecule has 0 bridgehead atoms. The smallest absolute Gasteiger partial charge is 0.128 e. The van der Waals surface area contributed by atoms with E-state index in [2.05, 4.69) is 29.7 Å². The van der Waals surface area contributed by atoms with Crippen LogP contribution in [-0.2, 0) is 17.1 Å². The van der Waals surface area contributed by atoms with E-state index in [-0.39, 0.29) is 0 Å². The monoisotopic (exact) mass is 305 g/mol. The largest absolute Gasteiger partial charge is 0.496 e. The highest BCUT2D eigenvalue weighted by Crippen LogP contribution is 2.42. The second-order valence-corrected chi connectivity index (χ2v) is 6.22. The minimum Gasteiger partial charge on any atom is -0.496 e. The molecule has 0 amide bonds. The number of ether oxygens (including phenoxy) is 1. The third-order valence-corrected chi connectivity index (χ3v) is 4.88. The SMILES string of the molecule is COc1cccc2c1c1c(n2CCOSC)CCCC1C. The first-order valence-corrected chi connectivity index (χ1v) is 8.76. The van der Waals surface area contributed by atoms with E-state index in [1.54, 1.807) is 7.11 Å². The predicted octanol–water partition coefficient (Wildman–Crippen LogP) is 4.38. The summed E-state index contributed by atoms with van der Waals surface area (Å²) in [6.45, 7) is 3.99. The third kappa shape index (κ3) is 2.55. The van der Waals surface area contributed by atoms with Crippen molar-refractivity contribution in [3.05, 3.63) is 29.5 Å². The zero-order valence-electron chi connectivity index (χ0n) is 13.0. The van der Waals surface area contributed by atoms with Crippen molar-refractivity contribution in [1.29, 1.82) is 0 Å². The minimum atomic E-state index is 0.607. The molecule has 0 saturated heterocycles. The van der Waals surface area contributed by atoms with Gasteiger partial charge in [-0.2, -0.15) is 0 Å². The van der Waals surface area contributed by atoms with Crippen molar-refractivity contribution in [3.63, 3.8) is 0 Å². The number of rotatable bonds is 5. The molecule has 1 heterocycles. The van der Waals surface area contributed by atoms with Crippen LogP contribution in [0.4, 0.5) is 0 Å². The number of benzene rings is 1. The molecule has 1 aliphatic carbocycles. The van der Waals surface area contributed by atoms with Gasteiger partial charge in [0, 0.05) is 23.9 Å². The minimum absolute atomic E-state index is 0.607. The molecule has 3 nitrogen and oxygen atoms in total. The van der Waals surface area contributed by atoms with E-state index in [1.807, 2.05) is 6.26 Å². The maximum absolute atomic E-state index is 5.63. The Morgan fingerprint density at radius 1 is 1.38 bits per heavy atom. The Bertz CT molecular complexity index is 635. The van der Waals surface area contributed by atoms with Gasteiger partial charge in [0.05, 0.1) is 19.2 Å². The number of hydrogen-bond donors (Lipinski definition) is 0. The zero-order valence-corrected chi connectivity index (χ0v) is 13.8. The van der Waals surface area contributed by atoms with Crippen LogP contribution in [0, 0.1) is 0 Å². The highest BCUT2D eigenvalue weighted by molar-refractivity contribution is 7.93. The second-order valence-electron chi connectivity index (χ2n) is 5.65. The molecule has 0 aliphatic heterocycles. The molecule has 1 unspecified atom stereocenters. The molecule has 1 aromatic heterocycles. The lowest BCUT2D eigenvalue weighted by molar-refractivity contribution is 0.348. The van der Waals surface area contributed by atoms with Gasteiger partial charge in [0.1, 0.15) is 5.75 Å². The molecule has 1 atom stereocenters. The van der Waals surface area contributed by atoms with Crippen LogP contribution in [-0.4, -0.2) is 24.5 Å². The van der Waals surface area contributed by atoms with E-state index in [0.717, 1.165) is 25.3 Å². The first-order valence-electron chi connectivity index (χ1n) is 7.61. The molecule has 114 valence electrons. The van der Waals surface area contributed by atoms with Crippen LogP contribution in [0.5, 0.6) is 5.75 Å². The van der Waals surface area contributed by atoms with Crippen molar-refractivity contribution < 1.29 is 8.92 Å². The molecule has 0 saturated carbocycles. The van der Waals surface area contributed by atoms with Crippen LogP contribution in [0.15, 0.2) is 18.2 Å². The first kappa shape index (κ1) is 14.8. The summed E-state index contributed by atoms with van der Waals surface area (Å²) < 4.78 is 13.6. The molecule has 2 aromatic rings. The fraction of sp³-hybridized carbons (Fsp3) is 0.529. The molecule has 0 fully saturated rings. The van der Waals surface area contributed by atoms with Crippen molar-refractivity contribution in [1.82, 2.24) is 4.57 Å². The third-order valence-electron chi connectivity index (χ3n) is 4.48. The Balaban J connectivity index is 2.17. The van der Waals surface area contributed by atoms with Gasteiger partial charge in [-0.05, 0) is 54.9 Å². The van der Waals surface area contributed by atoms with Gasteiger partial charge in [-0.1, -0.05) is 13.0 Å². The van der Waals surface area contributed by atoms with E-state index < -0.39 is 0 Å². The average Bonchev–Trinajstić information content (AvgIpc) is 2.83. The molecule has 0 radical (unpaired) electrons. The van der Waals surface area contributed by atoms with E-state index in [9.17, 15) is 0 Å². The van der Waals surface area contributed by atoms with Crippen molar-refractivity contribution in [3.8, 4) is 5.75 Å². The maximum Gasteiger partial charge on any atom is 0.128 e. The topological polar surface area (TPSA) is 23.4 Å². The Labute approximate surface area is 130 Å². The summed E-state index contributed by atoms with van der Waals surface area (Å²) in [5.74, 6) is 1.61. The lowest BCUT2D eigenvalue weighted by Gasteiger charge is -2.21. The molecule has 4 heteroatoms. The predicted molar refractivity (Wildman–Crippen MR) is 89.3 cm³/mol. The number of hydrogen-bond acceptors (Lipinski definition) is 3. The molecule has 0 N–H and O–H groups in total. The summed E-state index contributed by atoms with van der Waals surface area (Å²) in [4.78, 5) is 0. The summed E-state index contributed by atoms with van der Waals surface area (Å²) in [6.07, 6.45) is 5.67. The Kier molecular flexibility index (Phi) is 4.45. The van der Waals surface area contributed by atoms with E-state index in [1.165, 1.54) is 47.0 Å². The fourth-order valence-electron chi connectivity index (χ4n) is 3.61. The van der Waals surface area contributed by atoms with E-state index in [0.29, 0.717) is 5.92 Å². The molecular formula is C17H23NO2S. The van der Waals surface area contributed by atoms with Crippen LogP contribution in [0.3, 0.4) is 0 Å². The number of nitrogens with zero attached hydrogens (tertiary/aromatic N) is 1. The number of fused-ring (bicyclic) bond motifs is 3. The van der Waals surface area contributed by atoms with Crippen molar-refractivity contribution >= 4 is 22.9 Å². The van der Waals surface area contributed by atoms with Crippen LogP contribution < -0.4 is 4.74 Å². The van der Waals surface area contributed by atoms with Gasteiger partial charge in [0.2, 0.25) is 0 Å². The summed E-state index contributed by atoms with van der Waals surface area (Å²) in [6, 6.07) is 6.37. The first-order chi connectivity index (χ1) is 10.3. The van der Waals surface area contributed by atoms with Crippen LogP contribution in [0.25, 0.3) is 10.9 Å². The molecule has 1 aromatic carbocycles. The number of aromatic nitrogens is 1. The van der Waals surface area contributed by atoms with Gasteiger partial charge in [-0.3, -0.25) is 0 Å². The second kappa shape index (κ2) is 6.32. The standard InChI is InChI=1S/C17H23NO2S/c1-12-6-4-7-13-16(12)17-14(8-5-9-15(17)19-2)18(13)10-11-20-21-3/h5,8-9,12H,4,6-7,10-11H2,1-3H3. The molecule has 1 aliphatic rings. The lowest BCUT2D eigenvalue weighted by Crippen LogP contribution is -2.12. The normalized spacial score (nSPS) is 18.0. The molecule has 0 spiro atoms. The van der Waals surface area contributed by atoms with Crippen LogP contribution >= 0.6 is 12.0 Å². The Morgan fingerprint density at radius 2 is 2.24 bits per heavy atom. The summed E-state index contributed by atoms with van der Waals surface area (Å²) in [5, 5.41) is 1.31. The highest BCUT2D eigenvalue weighted by Gasteiger charge is 2.26. The Hall–Kier alpha value is -1.13. The van der Waals surface area contributed by atoms with Gasteiger partial charge in [-0.15, -0.1) is 0 Å². The van der Waals surface area contributed by atoms with Crippen molar-refractivity contribution in [2.45, 2.75) is 38.6 Å². The number of methoxy groups -OCH3 is 1. The zero-order chi connectivity index (χ0) is 14.8. The van der Waals surface area contributed by atoms with Crippen molar-refractivity contribution in [2.24, 2.45) is 0 Å². The van der Waals surface area contributed by atoms with Gasteiger partial charge < -0.3 is 13.5 Å². The van der Waals surface area contributed by atoms with E-state index >= 15 is 0 Å². The highest BCUT2D eigenvalue weighted by atomic mass is 32.2. The summed E-state index contributed by atoms with van der Waals surface area (Å²) >= 11 is 1.44. The van der Waals surface area contributed by atoms with Crippen molar-refractivity contribution in [2.75, 3.05) is 20.0 Å². The van der Waals surface area contributed by atoms with E-state index in [4.69, 9.17) is 8.92 Å². The summed E-state index contributed by atoms with van der Waals surface area (Å²) in [7, 11) is 1.77. The van der Waals surface area contributed by atoms with Gasteiger partial charge in [-0.25, -0.2) is 0 Å². The maximum atomic E-state index is 5.63. The Morgan fingerprint density at radius 3 is 3.00 bits per heavy atom. The lowest BCUT2D eigenvalue weighted by atomic mass is 9.86. The molecule has 3 rings (SSSR count). The quantitative estimate of drug-likeness (QED) is 0.605. The van der Waals surface area contributed by atoms with Crippen LogP contribution in [0.2, 0.25) is 0 Å². The van der Waals surface area contributed by atoms with Crippen LogP contribution in [0.1, 0.15) is 36.9 Å². The fourth-order valence-corrected chi connectivity index (χ4v) is 3.85. The summed E-state index contributed by atoms with van der Waals surface area (Å²) in [5.41, 5.74) is 4.27. The van der Waals surface area contributed by atoms with Gasteiger partial charge in [0.15, 0.2) is 0 Å². The average molecular weight is 305 g/mol. The van der Waals surface area contributed by atoms with Gasteiger partial charge >= 0.3 is 0 Å². The molecule has 21 heavy (non-hydrogen) atoms. The van der Waals surface area contributed by atoms with Gasteiger partial charge in [0.25, 0.3) is 0 Å². The molecular weight excluding hydrogens is 282 g/mol.